The van der Waals surface area contributed by atoms with Crippen molar-refractivity contribution in [1.82, 2.24) is 10.5 Å². The van der Waals surface area contributed by atoms with Gasteiger partial charge in [0.1, 0.15) is 0 Å². The van der Waals surface area contributed by atoms with Gasteiger partial charge < -0.3 is 21.3 Å². The molecule has 0 aliphatic carbocycles. The highest BCUT2D eigenvalue weighted by Crippen LogP contribution is 2.01. The number of hydrogen-bond acceptors (Lipinski definition) is 4. The van der Waals surface area contributed by atoms with Gasteiger partial charge in [-0.2, -0.15) is 0 Å². The minimum absolute atomic E-state index is 0.0598. The van der Waals surface area contributed by atoms with Gasteiger partial charge in [-0.1, -0.05) is 6.42 Å². The molecule has 1 atom stereocenters. The average Bonchev–Trinajstić information content (AvgIpc) is 2.16. The molecule has 0 aliphatic heterocycles. The van der Waals surface area contributed by atoms with Crippen LogP contribution < -0.4 is 16.3 Å². The molecule has 0 saturated carbocycles. The Morgan fingerprint density at radius 3 is 2.67 bits per heavy atom. The van der Waals surface area contributed by atoms with Crippen LogP contribution in [0.1, 0.15) is 26.2 Å². The Kier molecular flexibility index (Phi) is 8.36. The van der Waals surface area contributed by atoms with Crippen molar-refractivity contribution in [3.63, 3.8) is 0 Å². The number of carbonyl (C=O) groups excluding carboxylic acids is 1. The first kappa shape index (κ1) is 14.4. The molecule has 5 nitrogen and oxygen atoms in total. The summed E-state index contributed by atoms with van der Waals surface area (Å²) in [6, 6.07) is -0.323. The minimum atomic E-state index is -0.671. The zero-order valence-electron chi connectivity index (χ0n) is 9.62. The summed E-state index contributed by atoms with van der Waals surface area (Å²) in [5.74, 6) is -0.0598. The van der Waals surface area contributed by atoms with Gasteiger partial charge in [0.15, 0.2) is 0 Å². The lowest BCUT2D eigenvalue weighted by Crippen LogP contribution is -2.49. The largest absolute Gasteiger partial charge is 0.437 e. The van der Waals surface area contributed by atoms with Crippen molar-refractivity contribution in [2.24, 2.45) is 5.73 Å². The third kappa shape index (κ3) is 7.36. The first-order valence-electron chi connectivity index (χ1n) is 5.53. The summed E-state index contributed by atoms with van der Waals surface area (Å²) in [5, 5.41) is 14.7. The summed E-state index contributed by atoms with van der Waals surface area (Å²) < 4.78 is 0. The summed E-state index contributed by atoms with van der Waals surface area (Å²) in [7, 11) is -0.671. The first-order valence-corrected chi connectivity index (χ1v) is 5.53. The minimum Gasteiger partial charge on any atom is -0.437 e. The van der Waals surface area contributed by atoms with Crippen LogP contribution in [0.25, 0.3) is 0 Å². The van der Waals surface area contributed by atoms with Crippen LogP contribution in [0, 0.1) is 0 Å². The number of carbonyl (C=O) groups is 1. The van der Waals surface area contributed by atoms with Crippen LogP contribution in [0.15, 0.2) is 0 Å². The molecule has 0 spiro atoms. The smallest absolute Gasteiger partial charge is 0.374 e. The zero-order chi connectivity index (χ0) is 11.7. The molecule has 0 aromatic carbocycles. The molecule has 0 rings (SSSR count). The lowest BCUT2D eigenvalue weighted by Gasteiger charge is -2.18. The fraction of sp³-hybridized carbons (Fsp3) is 0.889. The summed E-state index contributed by atoms with van der Waals surface area (Å²) in [6.45, 7) is 4.72. The fourth-order valence-electron chi connectivity index (χ4n) is 1.37. The van der Waals surface area contributed by atoms with Gasteiger partial charge in [-0.05, 0) is 33.1 Å². The SMILES string of the molecule is CCNC(=O)C(CCCCN)NB(C)O. The summed E-state index contributed by atoms with van der Waals surface area (Å²) in [5.41, 5.74) is 5.38. The lowest BCUT2D eigenvalue weighted by atomic mass is 9.86. The predicted molar refractivity (Wildman–Crippen MR) is 62.3 cm³/mol. The van der Waals surface area contributed by atoms with E-state index in [1.54, 1.807) is 6.82 Å². The quantitative estimate of drug-likeness (QED) is 0.319. The van der Waals surface area contributed by atoms with Crippen molar-refractivity contribution >= 4 is 13.0 Å². The van der Waals surface area contributed by atoms with E-state index in [2.05, 4.69) is 10.5 Å². The van der Waals surface area contributed by atoms with Crippen LogP contribution >= 0.6 is 0 Å². The van der Waals surface area contributed by atoms with Gasteiger partial charge in [0.2, 0.25) is 5.91 Å². The molecule has 0 aromatic rings. The van der Waals surface area contributed by atoms with Gasteiger partial charge in [0, 0.05) is 6.54 Å². The molecule has 6 heteroatoms. The van der Waals surface area contributed by atoms with Crippen molar-refractivity contribution in [3.8, 4) is 0 Å². The third-order valence-corrected chi connectivity index (χ3v) is 2.06. The average molecular weight is 215 g/mol. The Balaban J connectivity index is 3.99. The summed E-state index contributed by atoms with van der Waals surface area (Å²) in [4.78, 5) is 11.6. The maximum Gasteiger partial charge on any atom is 0.374 e. The standard InChI is InChI=1S/C9H22BN3O2/c1-3-12-9(14)8(13-10(2)15)6-4-5-7-11/h8,13,15H,3-7,11H2,1-2H3,(H,12,14). The lowest BCUT2D eigenvalue weighted by molar-refractivity contribution is -0.122. The van der Waals surface area contributed by atoms with Crippen molar-refractivity contribution in [1.29, 1.82) is 0 Å². The number of hydrogen-bond donors (Lipinski definition) is 4. The number of rotatable bonds is 8. The molecule has 1 amide bonds. The molecule has 0 radical (unpaired) electrons. The van der Waals surface area contributed by atoms with E-state index in [0.29, 0.717) is 19.5 Å². The maximum atomic E-state index is 11.6. The normalized spacial score (nSPS) is 12.3. The van der Waals surface area contributed by atoms with Crippen LogP contribution in [0.5, 0.6) is 0 Å². The monoisotopic (exact) mass is 215 g/mol. The summed E-state index contributed by atoms with van der Waals surface area (Å²) in [6.07, 6.45) is 2.49. The molecule has 0 aromatic heterocycles. The molecule has 1 unspecified atom stereocenters. The van der Waals surface area contributed by atoms with E-state index in [9.17, 15) is 9.82 Å². The van der Waals surface area contributed by atoms with Crippen molar-refractivity contribution < 1.29 is 9.82 Å². The molecule has 0 heterocycles. The predicted octanol–water partition coefficient (Wildman–Crippen LogP) is -0.680. The van der Waals surface area contributed by atoms with E-state index in [-0.39, 0.29) is 11.9 Å². The number of nitrogens with one attached hydrogen (secondary N) is 2. The van der Waals surface area contributed by atoms with Gasteiger partial charge in [-0.15, -0.1) is 0 Å². The van der Waals surface area contributed by atoms with E-state index in [1.807, 2.05) is 6.92 Å². The molecule has 15 heavy (non-hydrogen) atoms. The molecular formula is C9H22BN3O2. The van der Waals surface area contributed by atoms with Crippen LogP contribution in [-0.2, 0) is 4.79 Å². The highest BCUT2D eigenvalue weighted by Gasteiger charge is 2.19. The second-order valence-corrected chi connectivity index (χ2v) is 3.57. The van der Waals surface area contributed by atoms with Crippen molar-refractivity contribution in [2.45, 2.75) is 39.1 Å². The van der Waals surface area contributed by atoms with Gasteiger partial charge in [0.05, 0.1) is 6.04 Å². The topological polar surface area (TPSA) is 87.4 Å². The van der Waals surface area contributed by atoms with Gasteiger partial charge in [0.25, 0.3) is 0 Å². The molecular weight excluding hydrogens is 193 g/mol. The van der Waals surface area contributed by atoms with Crippen LogP contribution in [0.2, 0.25) is 6.82 Å². The number of nitrogens with two attached hydrogens (primary N) is 1. The van der Waals surface area contributed by atoms with E-state index >= 15 is 0 Å². The molecule has 88 valence electrons. The van der Waals surface area contributed by atoms with Crippen LogP contribution in [0.3, 0.4) is 0 Å². The Hall–Kier alpha value is -0.585. The van der Waals surface area contributed by atoms with E-state index < -0.39 is 7.05 Å². The van der Waals surface area contributed by atoms with Crippen molar-refractivity contribution in [2.75, 3.05) is 13.1 Å². The number of unbranched alkanes of at least 4 members (excludes halogenated alkanes) is 1. The van der Waals surface area contributed by atoms with Crippen molar-refractivity contribution in [3.05, 3.63) is 0 Å². The van der Waals surface area contributed by atoms with Gasteiger partial charge >= 0.3 is 7.05 Å². The van der Waals surface area contributed by atoms with Crippen LogP contribution in [0.4, 0.5) is 0 Å². The Bertz CT molecular complexity index is 179. The summed E-state index contributed by atoms with van der Waals surface area (Å²) >= 11 is 0. The highest BCUT2D eigenvalue weighted by atomic mass is 16.2. The van der Waals surface area contributed by atoms with Crippen LogP contribution in [-0.4, -0.2) is 37.1 Å². The molecule has 0 bridgehead atoms. The second-order valence-electron chi connectivity index (χ2n) is 3.57. The molecule has 0 aliphatic rings. The highest BCUT2D eigenvalue weighted by molar-refractivity contribution is 6.46. The zero-order valence-corrected chi connectivity index (χ0v) is 9.62. The molecule has 0 fully saturated rings. The fourth-order valence-corrected chi connectivity index (χ4v) is 1.37. The third-order valence-electron chi connectivity index (χ3n) is 2.06. The molecule has 0 saturated heterocycles. The first-order chi connectivity index (χ1) is 7.11. The Labute approximate surface area is 91.9 Å². The van der Waals surface area contributed by atoms with Gasteiger partial charge in [-0.3, -0.25) is 4.79 Å². The van der Waals surface area contributed by atoms with Gasteiger partial charge in [-0.25, -0.2) is 0 Å². The maximum absolute atomic E-state index is 11.6. The second kappa shape index (κ2) is 8.70. The van der Waals surface area contributed by atoms with E-state index in [4.69, 9.17) is 5.73 Å². The number of likely N-dealkylation sites (N-methyl/N-ethyl adjacent to an activating group) is 1. The Morgan fingerprint density at radius 1 is 1.53 bits per heavy atom. The molecule has 5 N–H and O–H groups in total. The van der Waals surface area contributed by atoms with E-state index in [0.717, 1.165) is 12.8 Å². The number of amides is 1. The van der Waals surface area contributed by atoms with E-state index in [1.165, 1.54) is 0 Å². The Morgan fingerprint density at radius 2 is 2.20 bits per heavy atom.